The summed E-state index contributed by atoms with van der Waals surface area (Å²) in [4.78, 5) is 22.8. The minimum atomic E-state index is -4.85. The number of ether oxygens (including phenoxy) is 2. The van der Waals surface area contributed by atoms with Gasteiger partial charge in [-0.2, -0.15) is 27.1 Å². The van der Waals surface area contributed by atoms with Crippen molar-refractivity contribution < 1.29 is 54.5 Å². The normalized spacial score (nSPS) is 17.0. The number of halogens is 6. The molecule has 10 nitrogen and oxygen atoms in total. The van der Waals surface area contributed by atoms with Crippen LogP contribution >= 0.6 is 11.6 Å². The molecule has 1 N–H and O–H groups in total. The first kappa shape index (κ1) is 30.4. The molecule has 0 amide bonds. The van der Waals surface area contributed by atoms with Gasteiger partial charge in [-0.05, 0) is 38.0 Å². The topological polar surface area (TPSA) is 128 Å². The molecule has 2 heterocycles. The summed E-state index contributed by atoms with van der Waals surface area (Å²) in [7, 11) is -4.71. The molecular weight excluding hydrogens is 581 g/mol. The van der Waals surface area contributed by atoms with Crippen LogP contribution in [-0.4, -0.2) is 59.7 Å². The van der Waals surface area contributed by atoms with Crippen LogP contribution in [0.2, 0.25) is 5.15 Å². The summed E-state index contributed by atoms with van der Waals surface area (Å²) >= 11 is 5.85. The van der Waals surface area contributed by atoms with E-state index in [9.17, 15) is 45.1 Å². The molecule has 0 spiro atoms. The van der Waals surface area contributed by atoms with Crippen molar-refractivity contribution in [3.8, 4) is 5.75 Å². The summed E-state index contributed by atoms with van der Waals surface area (Å²) in [6.45, 7) is -0.965. The van der Waals surface area contributed by atoms with E-state index in [1.165, 1.54) is 19.1 Å². The first-order valence-electron chi connectivity index (χ1n) is 11.2. The number of rotatable bonds is 9. The van der Waals surface area contributed by atoms with Gasteiger partial charge in [-0.25, -0.2) is 13.1 Å². The van der Waals surface area contributed by atoms with Crippen LogP contribution in [0.25, 0.3) is 0 Å². The number of carbonyl (C=O) groups excluding carboxylic acids is 1. The fourth-order valence-corrected chi connectivity index (χ4v) is 5.53. The molecule has 2 aromatic rings. The first-order valence-corrected chi connectivity index (χ1v) is 13.0. The zero-order chi connectivity index (χ0) is 29.5. The number of sulfonamides is 1. The Bertz CT molecular complexity index is 1360. The van der Waals surface area contributed by atoms with Gasteiger partial charge in [-0.1, -0.05) is 24.6 Å². The van der Waals surface area contributed by atoms with Crippen molar-refractivity contribution in [2.75, 3.05) is 10.8 Å². The lowest BCUT2D eigenvalue weighted by Crippen LogP contribution is -2.44. The highest BCUT2D eigenvalue weighted by Crippen LogP contribution is 2.40. The average Bonchev–Trinajstić information content (AvgIpc) is 3.20. The SMILES string of the molecule is C[C@@H](C[C@H]1CN(S(=O)(=O)c2cn(C(F)F)nc2Cl)c2cc(CC(=O)OC(C)(C)C(F)(F)F)ccc2O1)C(=O)O. The highest BCUT2D eigenvalue weighted by molar-refractivity contribution is 7.93. The van der Waals surface area contributed by atoms with E-state index in [2.05, 4.69) is 9.84 Å². The number of hydrogen-bond donors (Lipinski definition) is 1. The van der Waals surface area contributed by atoms with Crippen LogP contribution in [0, 0.1) is 5.92 Å². The van der Waals surface area contributed by atoms with Gasteiger partial charge in [-0.15, -0.1) is 0 Å². The van der Waals surface area contributed by atoms with Crippen LogP contribution in [0.5, 0.6) is 5.75 Å². The van der Waals surface area contributed by atoms with E-state index < -0.39 is 75.3 Å². The van der Waals surface area contributed by atoms with E-state index in [0.717, 1.165) is 10.4 Å². The van der Waals surface area contributed by atoms with Crippen molar-refractivity contribution in [1.29, 1.82) is 0 Å². The van der Waals surface area contributed by atoms with Gasteiger partial charge in [-0.3, -0.25) is 13.9 Å². The number of carbonyl (C=O) groups is 2. The molecule has 17 heteroatoms. The predicted octanol–water partition coefficient (Wildman–Crippen LogP) is 4.43. The number of alkyl halides is 5. The lowest BCUT2D eigenvalue weighted by atomic mass is 10.0. The number of carboxylic acids is 1. The van der Waals surface area contributed by atoms with Gasteiger partial charge < -0.3 is 14.6 Å². The largest absolute Gasteiger partial charge is 0.486 e. The standard InChI is InChI=1S/C22H23ClF5N3O7S/c1-11(19(33)34)6-13-9-31(39(35,36)16-10-30(20(24)25)29-18(16)23)14-7-12(4-5-15(14)37-13)8-17(32)38-21(2,3)22(26,27)28/h4-5,7,10-11,13,20H,6,8-9H2,1-3H3,(H,33,34)/t11-,13-/m0/s1. The van der Waals surface area contributed by atoms with Gasteiger partial charge >= 0.3 is 24.7 Å². The molecular formula is C22H23ClF5N3O7S. The maximum atomic E-state index is 13.6. The summed E-state index contributed by atoms with van der Waals surface area (Å²) in [6, 6.07) is 3.68. The summed E-state index contributed by atoms with van der Waals surface area (Å²) < 4.78 is 104. The smallest absolute Gasteiger partial charge is 0.427 e. The zero-order valence-electron chi connectivity index (χ0n) is 20.6. The Balaban J connectivity index is 2.01. The highest BCUT2D eigenvalue weighted by Gasteiger charge is 2.50. The van der Waals surface area contributed by atoms with E-state index in [1.807, 2.05) is 0 Å². The van der Waals surface area contributed by atoms with Crippen LogP contribution in [0.1, 0.15) is 39.3 Å². The Morgan fingerprint density at radius 2 is 1.92 bits per heavy atom. The van der Waals surface area contributed by atoms with Gasteiger partial charge in [0.2, 0.25) is 5.60 Å². The quantitative estimate of drug-likeness (QED) is 0.329. The number of benzene rings is 1. The second-order valence-corrected chi connectivity index (χ2v) is 11.4. The van der Waals surface area contributed by atoms with E-state index in [4.69, 9.17) is 16.3 Å². The average molecular weight is 604 g/mol. The molecule has 3 rings (SSSR count). The van der Waals surface area contributed by atoms with Crippen molar-refractivity contribution in [2.24, 2.45) is 5.92 Å². The second kappa shape index (κ2) is 10.8. The summed E-state index contributed by atoms with van der Waals surface area (Å²) in [5.41, 5.74) is -2.92. The first-order chi connectivity index (χ1) is 17.8. The van der Waals surface area contributed by atoms with E-state index >= 15 is 0 Å². The summed E-state index contributed by atoms with van der Waals surface area (Å²) in [5.74, 6) is -3.44. The molecule has 0 unspecified atom stereocenters. The Morgan fingerprint density at radius 3 is 2.46 bits per heavy atom. The van der Waals surface area contributed by atoms with E-state index in [-0.39, 0.29) is 28.1 Å². The fourth-order valence-electron chi connectivity index (χ4n) is 3.60. The zero-order valence-corrected chi connectivity index (χ0v) is 22.1. The van der Waals surface area contributed by atoms with Gasteiger partial charge in [0.25, 0.3) is 10.0 Å². The van der Waals surface area contributed by atoms with E-state index in [1.54, 1.807) is 0 Å². The number of aromatic nitrogens is 2. The minimum absolute atomic E-state index is 0.0371. The van der Waals surface area contributed by atoms with Gasteiger partial charge in [0, 0.05) is 0 Å². The third-order valence-corrected chi connectivity index (χ3v) is 7.99. The van der Waals surface area contributed by atoms with Crippen LogP contribution < -0.4 is 9.04 Å². The molecule has 0 aliphatic carbocycles. The Hall–Kier alpha value is -3.14. The second-order valence-electron chi connectivity index (χ2n) is 9.25. The summed E-state index contributed by atoms with van der Waals surface area (Å²) in [6.07, 6.45) is -6.13. The predicted molar refractivity (Wildman–Crippen MR) is 125 cm³/mol. The Labute approximate surface area is 224 Å². The van der Waals surface area contributed by atoms with Crippen molar-refractivity contribution in [3.05, 3.63) is 35.1 Å². The van der Waals surface area contributed by atoms with Crippen LogP contribution in [0.3, 0.4) is 0 Å². The maximum Gasteiger partial charge on any atom is 0.427 e. The van der Waals surface area contributed by atoms with E-state index in [0.29, 0.717) is 20.0 Å². The molecule has 2 atom stereocenters. The fraction of sp³-hybridized carbons (Fsp3) is 0.500. The van der Waals surface area contributed by atoms with Crippen molar-refractivity contribution in [2.45, 2.75) is 62.9 Å². The number of carboxylic acid groups (broad SMARTS) is 1. The number of esters is 1. The van der Waals surface area contributed by atoms with Crippen molar-refractivity contribution >= 4 is 39.3 Å². The van der Waals surface area contributed by atoms with Crippen LogP contribution in [0.4, 0.5) is 27.6 Å². The Morgan fingerprint density at radius 1 is 1.28 bits per heavy atom. The third-order valence-electron chi connectivity index (χ3n) is 5.82. The molecule has 0 radical (unpaired) electrons. The number of fused-ring (bicyclic) bond motifs is 1. The molecule has 1 aromatic carbocycles. The van der Waals surface area contributed by atoms with Crippen molar-refractivity contribution in [1.82, 2.24) is 9.78 Å². The number of hydrogen-bond acceptors (Lipinski definition) is 7. The van der Waals surface area contributed by atoms with Crippen molar-refractivity contribution in [3.63, 3.8) is 0 Å². The van der Waals surface area contributed by atoms with Gasteiger partial charge in [0.15, 0.2) is 5.15 Å². The van der Waals surface area contributed by atoms with Crippen LogP contribution in [-0.2, 0) is 30.8 Å². The molecule has 0 saturated heterocycles. The molecule has 1 aliphatic rings. The monoisotopic (exact) mass is 603 g/mol. The van der Waals surface area contributed by atoms with Crippen LogP contribution in [0.15, 0.2) is 29.3 Å². The molecule has 216 valence electrons. The highest BCUT2D eigenvalue weighted by atomic mass is 35.5. The lowest BCUT2D eigenvalue weighted by Gasteiger charge is -2.36. The molecule has 1 aromatic heterocycles. The molecule has 0 bridgehead atoms. The molecule has 1 aliphatic heterocycles. The minimum Gasteiger partial charge on any atom is -0.486 e. The molecule has 0 fully saturated rings. The Kier molecular flexibility index (Phi) is 8.41. The molecule has 0 saturated carbocycles. The van der Waals surface area contributed by atoms with Gasteiger partial charge in [0.05, 0.1) is 30.8 Å². The number of aliphatic carboxylic acids is 1. The lowest BCUT2D eigenvalue weighted by molar-refractivity contribution is -0.257. The maximum absolute atomic E-state index is 13.6. The summed E-state index contributed by atoms with van der Waals surface area (Å²) in [5, 5.41) is 11.8. The van der Waals surface area contributed by atoms with Gasteiger partial charge in [0.1, 0.15) is 16.7 Å². The number of nitrogens with zero attached hydrogens (tertiary/aromatic N) is 3. The third kappa shape index (κ3) is 6.54. The number of anilines is 1. The molecule has 39 heavy (non-hydrogen) atoms.